The maximum Gasteiger partial charge on any atom is 0.244 e. The number of rotatable bonds is 5. The quantitative estimate of drug-likeness (QED) is 0.625. The lowest BCUT2D eigenvalue weighted by atomic mass is 10.1. The molecular formula is C20H24N2O2S. The van der Waals surface area contributed by atoms with Crippen molar-refractivity contribution in [2.75, 3.05) is 7.11 Å². The average molecular weight is 356 g/mol. The Balaban J connectivity index is 1.58. The molecule has 132 valence electrons. The van der Waals surface area contributed by atoms with E-state index >= 15 is 0 Å². The number of thiazole rings is 1. The van der Waals surface area contributed by atoms with Crippen LogP contribution >= 0.6 is 11.3 Å². The summed E-state index contributed by atoms with van der Waals surface area (Å²) >= 11 is 1.57. The van der Waals surface area contributed by atoms with Gasteiger partial charge in [-0.15, -0.1) is 11.3 Å². The van der Waals surface area contributed by atoms with E-state index < -0.39 is 0 Å². The third kappa shape index (κ3) is 5.16. The Morgan fingerprint density at radius 3 is 2.60 bits per heavy atom. The number of aromatic nitrogens is 1. The second-order valence-electron chi connectivity index (χ2n) is 6.34. The summed E-state index contributed by atoms with van der Waals surface area (Å²) in [5.41, 5.74) is 1.86. The highest BCUT2D eigenvalue weighted by atomic mass is 32.1. The molecule has 0 atom stereocenters. The molecule has 25 heavy (non-hydrogen) atoms. The van der Waals surface area contributed by atoms with E-state index in [0.717, 1.165) is 34.9 Å². The number of hydrogen-bond donors (Lipinski definition) is 1. The molecule has 0 spiro atoms. The zero-order valence-corrected chi connectivity index (χ0v) is 15.3. The number of benzene rings is 1. The number of nitrogens with one attached hydrogen (secondary N) is 1. The number of nitrogens with zero attached hydrogens (tertiary/aromatic N) is 1. The number of hydrogen-bond acceptors (Lipinski definition) is 4. The second kappa shape index (κ2) is 8.81. The van der Waals surface area contributed by atoms with Crippen molar-refractivity contribution >= 4 is 23.3 Å². The van der Waals surface area contributed by atoms with Crippen LogP contribution in [0.4, 0.5) is 0 Å². The van der Waals surface area contributed by atoms with E-state index in [2.05, 4.69) is 10.3 Å². The van der Waals surface area contributed by atoms with Crippen LogP contribution in [0.1, 0.15) is 44.2 Å². The zero-order valence-electron chi connectivity index (χ0n) is 14.5. The molecule has 4 nitrogen and oxygen atoms in total. The Morgan fingerprint density at radius 2 is 1.92 bits per heavy atom. The van der Waals surface area contributed by atoms with Gasteiger partial charge in [0, 0.05) is 23.1 Å². The molecule has 2 aromatic rings. The third-order valence-electron chi connectivity index (χ3n) is 4.47. The van der Waals surface area contributed by atoms with Crippen LogP contribution in [0.3, 0.4) is 0 Å². The first-order valence-electron chi connectivity index (χ1n) is 8.83. The van der Waals surface area contributed by atoms with Gasteiger partial charge < -0.3 is 10.1 Å². The molecule has 1 amide bonds. The molecule has 1 N–H and O–H groups in total. The van der Waals surface area contributed by atoms with E-state index in [1.165, 1.54) is 25.7 Å². The summed E-state index contributed by atoms with van der Waals surface area (Å²) in [4.78, 5) is 16.7. The highest BCUT2D eigenvalue weighted by Gasteiger charge is 2.13. The van der Waals surface area contributed by atoms with Gasteiger partial charge in [0.2, 0.25) is 5.91 Å². The minimum Gasteiger partial charge on any atom is -0.497 e. The van der Waals surface area contributed by atoms with E-state index in [-0.39, 0.29) is 5.91 Å². The van der Waals surface area contributed by atoms with E-state index in [9.17, 15) is 4.79 Å². The molecule has 1 aromatic carbocycles. The van der Waals surface area contributed by atoms with Gasteiger partial charge in [-0.3, -0.25) is 4.79 Å². The van der Waals surface area contributed by atoms with E-state index in [4.69, 9.17) is 4.74 Å². The van der Waals surface area contributed by atoms with Gasteiger partial charge in [-0.25, -0.2) is 4.98 Å². The maximum atomic E-state index is 12.1. The molecule has 1 fully saturated rings. The molecule has 0 aliphatic heterocycles. The van der Waals surface area contributed by atoms with Crippen molar-refractivity contribution in [3.05, 3.63) is 41.4 Å². The summed E-state index contributed by atoms with van der Waals surface area (Å²) < 4.78 is 5.17. The van der Waals surface area contributed by atoms with Crippen molar-refractivity contribution < 1.29 is 9.53 Å². The standard InChI is InChI=1S/C20H24N2O2S/c1-24-18-11-8-15(9-12-18)20-22-17(14-25-20)10-13-19(23)21-16-6-4-2-3-5-7-16/h8-14,16H,2-7H2,1H3,(H,21,23)/b13-10+. The zero-order chi connectivity index (χ0) is 17.5. The number of carbonyl (C=O) groups excluding carboxylic acids is 1. The van der Waals surface area contributed by atoms with Crippen LogP contribution in [0.15, 0.2) is 35.7 Å². The number of methoxy groups -OCH3 is 1. The van der Waals surface area contributed by atoms with Crippen LogP contribution in [0.2, 0.25) is 0 Å². The highest BCUT2D eigenvalue weighted by Crippen LogP contribution is 2.26. The fraction of sp³-hybridized carbons (Fsp3) is 0.400. The predicted octanol–water partition coefficient (Wildman–Crippen LogP) is 4.67. The van der Waals surface area contributed by atoms with Gasteiger partial charge in [0.15, 0.2) is 0 Å². The van der Waals surface area contributed by atoms with Crippen molar-refractivity contribution in [3.63, 3.8) is 0 Å². The lowest BCUT2D eigenvalue weighted by Crippen LogP contribution is -2.33. The van der Waals surface area contributed by atoms with Crippen molar-refractivity contribution in [3.8, 4) is 16.3 Å². The van der Waals surface area contributed by atoms with Crippen LogP contribution in [0.5, 0.6) is 5.75 Å². The summed E-state index contributed by atoms with van der Waals surface area (Å²) in [6.07, 6.45) is 10.6. The predicted molar refractivity (Wildman–Crippen MR) is 103 cm³/mol. The Bertz CT molecular complexity index is 714. The SMILES string of the molecule is COc1ccc(-c2nc(/C=C/C(=O)NC3CCCCCC3)cs2)cc1. The van der Waals surface area contributed by atoms with Crippen molar-refractivity contribution in [2.24, 2.45) is 0 Å². The fourth-order valence-electron chi connectivity index (χ4n) is 3.06. The molecule has 0 radical (unpaired) electrons. The fourth-order valence-corrected chi connectivity index (χ4v) is 3.86. The molecule has 1 aliphatic rings. The first kappa shape index (κ1) is 17.7. The van der Waals surface area contributed by atoms with Crippen LogP contribution in [-0.2, 0) is 4.79 Å². The maximum absolute atomic E-state index is 12.1. The smallest absolute Gasteiger partial charge is 0.244 e. The van der Waals surface area contributed by atoms with Gasteiger partial charge in [-0.2, -0.15) is 0 Å². The van der Waals surface area contributed by atoms with Crippen LogP contribution in [0.25, 0.3) is 16.6 Å². The second-order valence-corrected chi connectivity index (χ2v) is 7.19. The molecule has 1 aromatic heterocycles. The first-order chi connectivity index (χ1) is 12.2. The van der Waals surface area contributed by atoms with Crippen molar-refractivity contribution in [2.45, 2.75) is 44.6 Å². The number of amides is 1. The van der Waals surface area contributed by atoms with Crippen LogP contribution < -0.4 is 10.1 Å². The largest absolute Gasteiger partial charge is 0.497 e. The first-order valence-corrected chi connectivity index (χ1v) is 9.71. The van der Waals surface area contributed by atoms with Gasteiger partial charge in [-0.05, 0) is 43.2 Å². The van der Waals surface area contributed by atoms with Gasteiger partial charge in [0.25, 0.3) is 0 Å². The molecule has 5 heteroatoms. The molecule has 0 saturated heterocycles. The monoisotopic (exact) mass is 356 g/mol. The van der Waals surface area contributed by atoms with Gasteiger partial charge >= 0.3 is 0 Å². The van der Waals surface area contributed by atoms with Crippen molar-refractivity contribution in [1.82, 2.24) is 10.3 Å². The van der Waals surface area contributed by atoms with Gasteiger partial charge in [-0.1, -0.05) is 25.7 Å². The Morgan fingerprint density at radius 1 is 1.20 bits per heavy atom. The molecule has 1 heterocycles. The highest BCUT2D eigenvalue weighted by molar-refractivity contribution is 7.13. The summed E-state index contributed by atoms with van der Waals surface area (Å²) in [7, 11) is 1.65. The molecule has 1 aliphatic carbocycles. The van der Waals surface area contributed by atoms with Gasteiger partial charge in [0.05, 0.1) is 12.8 Å². The third-order valence-corrected chi connectivity index (χ3v) is 5.38. The molecule has 1 saturated carbocycles. The summed E-state index contributed by atoms with van der Waals surface area (Å²) in [5, 5.41) is 6.02. The average Bonchev–Trinajstić information content (AvgIpc) is 2.97. The summed E-state index contributed by atoms with van der Waals surface area (Å²) in [5.74, 6) is 0.807. The van der Waals surface area contributed by atoms with Crippen molar-refractivity contribution in [1.29, 1.82) is 0 Å². The molecular weight excluding hydrogens is 332 g/mol. The summed E-state index contributed by atoms with van der Waals surface area (Å²) in [6.45, 7) is 0. The number of carbonyl (C=O) groups is 1. The minimum absolute atomic E-state index is 0.0223. The lowest BCUT2D eigenvalue weighted by Gasteiger charge is -2.14. The Kier molecular flexibility index (Phi) is 6.23. The normalized spacial score (nSPS) is 15.9. The van der Waals surface area contributed by atoms with Crippen LogP contribution in [-0.4, -0.2) is 24.0 Å². The lowest BCUT2D eigenvalue weighted by molar-refractivity contribution is -0.117. The molecule has 0 unspecified atom stereocenters. The topological polar surface area (TPSA) is 51.2 Å². The van der Waals surface area contributed by atoms with E-state index in [1.54, 1.807) is 30.6 Å². The van der Waals surface area contributed by atoms with E-state index in [0.29, 0.717) is 6.04 Å². The Hall–Kier alpha value is -2.14. The molecule has 3 rings (SSSR count). The van der Waals surface area contributed by atoms with Crippen LogP contribution in [0, 0.1) is 0 Å². The summed E-state index contributed by atoms with van der Waals surface area (Å²) in [6, 6.07) is 8.15. The van der Waals surface area contributed by atoms with E-state index in [1.807, 2.05) is 29.6 Å². The Labute approximate surface area is 152 Å². The number of ether oxygens (including phenoxy) is 1. The van der Waals surface area contributed by atoms with Gasteiger partial charge in [0.1, 0.15) is 10.8 Å². The minimum atomic E-state index is -0.0223. The molecule has 0 bridgehead atoms.